The molecule has 2 rings (SSSR count). The first kappa shape index (κ1) is 30.1. The molecule has 0 aliphatic heterocycles. The number of alkyl carbamates (subject to hydrolysis) is 1. The average Bonchev–Trinajstić information content (AvgIpc) is 3.57. The maximum absolute atomic E-state index is 14.2. The number of hydrogen-bond acceptors (Lipinski definition) is 6. The highest BCUT2D eigenvalue weighted by atomic mass is 16.6. The van der Waals surface area contributed by atoms with E-state index in [-0.39, 0.29) is 30.3 Å². The monoisotopic (exact) mass is 517 g/mol. The number of hydrogen-bond donors (Lipinski definition) is 2. The minimum atomic E-state index is -0.981. The fourth-order valence-electron chi connectivity index (χ4n) is 4.15. The number of nitrogens with one attached hydrogen (secondary N) is 2. The van der Waals surface area contributed by atoms with Crippen molar-refractivity contribution in [1.82, 2.24) is 15.5 Å². The van der Waals surface area contributed by atoms with E-state index in [9.17, 15) is 19.2 Å². The van der Waals surface area contributed by atoms with Gasteiger partial charge in [-0.1, -0.05) is 58.4 Å². The Hall–Kier alpha value is -3.10. The Kier molecular flexibility index (Phi) is 10.5. The van der Waals surface area contributed by atoms with Gasteiger partial charge in [0.2, 0.25) is 11.8 Å². The Labute approximate surface area is 220 Å². The summed E-state index contributed by atoms with van der Waals surface area (Å²) in [6, 6.07) is 5.49. The van der Waals surface area contributed by atoms with Gasteiger partial charge in [-0.2, -0.15) is 0 Å². The second-order valence-electron chi connectivity index (χ2n) is 10.8. The second-order valence-corrected chi connectivity index (χ2v) is 10.8. The molecule has 0 aromatic heterocycles. The highest BCUT2D eigenvalue weighted by molar-refractivity contribution is 5.93. The number of methoxy groups -OCH3 is 1. The predicted molar refractivity (Wildman–Crippen MR) is 141 cm³/mol. The second kappa shape index (κ2) is 12.9. The molecule has 9 nitrogen and oxygen atoms in total. The van der Waals surface area contributed by atoms with Crippen LogP contribution in [0.15, 0.2) is 24.3 Å². The lowest BCUT2D eigenvalue weighted by molar-refractivity contribution is -0.146. The number of ether oxygens (including phenoxy) is 2. The Balaban J connectivity index is 2.50. The fourth-order valence-corrected chi connectivity index (χ4v) is 4.15. The van der Waals surface area contributed by atoms with Crippen LogP contribution < -0.4 is 10.6 Å². The van der Waals surface area contributed by atoms with E-state index in [1.165, 1.54) is 7.11 Å². The van der Waals surface area contributed by atoms with Crippen LogP contribution in [0.2, 0.25) is 0 Å². The summed E-state index contributed by atoms with van der Waals surface area (Å²) in [5.74, 6) is -1.45. The van der Waals surface area contributed by atoms with E-state index in [0.29, 0.717) is 12.0 Å². The molecule has 0 spiro atoms. The molecule has 1 aliphatic carbocycles. The zero-order chi connectivity index (χ0) is 27.9. The molecule has 1 saturated carbocycles. The topological polar surface area (TPSA) is 114 Å². The van der Waals surface area contributed by atoms with Gasteiger partial charge < -0.3 is 25.0 Å². The molecule has 1 aromatic rings. The number of benzene rings is 1. The maximum Gasteiger partial charge on any atom is 0.408 e. The molecular formula is C28H43N3O6. The molecule has 5 unspecified atom stereocenters. The van der Waals surface area contributed by atoms with E-state index in [2.05, 4.69) is 15.4 Å². The summed E-state index contributed by atoms with van der Waals surface area (Å²) in [6.45, 7) is 12.8. The molecule has 0 heterocycles. The van der Waals surface area contributed by atoms with Gasteiger partial charge in [0.15, 0.2) is 0 Å². The van der Waals surface area contributed by atoms with Crippen LogP contribution in [0, 0.1) is 11.8 Å². The predicted octanol–water partition coefficient (Wildman–Crippen LogP) is 3.76. The normalized spacial score (nSPS) is 19.1. The van der Waals surface area contributed by atoms with Crippen molar-refractivity contribution in [2.75, 3.05) is 13.7 Å². The van der Waals surface area contributed by atoms with Crippen molar-refractivity contribution in [3.05, 3.63) is 35.4 Å². The number of aryl methyl sites for hydroxylation is 1. The van der Waals surface area contributed by atoms with Crippen molar-refractivity contribution in [3.63, 3.8) is 0 Å². The minimum absolute atomic E-state index is 0.181. The molecule has 206 valence electrons. The molecule has 3 amide bonds. The quantitative estimate of drug-likeness (QED) is 0.432. The summed E-state index contributed by atoms with van der Waals surface area (Å²) >= 11 is 0. The largest absolute Gasteiger partial charge is 0.468 e. The third-order valence-corrected chi connectivity index (χ3v) is 6.69. The van der Waals surface area contributed by atoms with Crippen molar-refractivity contribution >= 4 is 23.9 Å². The van der Waals surface area contributed by atoms with Crippen molar-refractivity contribution in [2.24, 2.45) is 11.8 Å². The summed E-state index contributed by atoms with van der Waals surface area (Å²) in [6.07, 6.45) is 1.51. The van der Waals surface area contributed by atoms with E-state index in [1.807, 2.05) is 52.0 Å². The number of rotatable bonds is 11. The number of amides is 3. The Bertz CT molecular complexity index is 956. The van der Waals surface area contributed by atoms with Crippen molar-refractivity contribution in [2.45, 2.75) is 91.5 Å². The molecule has 9 heteroatoms. The average molecular weight is 518 g/mol. The van der Waals surface area contributed by atoms with Gasteiger partial charge in [0.1, 0.15) is 24.2 Å². The van der Waals surface area contributed by atoms with E-state index < -0.39 is 35.7 Å². The van der Waals surface area contributed by atoms with Crippen LogP contribution in [-0.4, -0.2) is 60.1 Å². The first-order chi connectivity index (χ1) is 17.3. The van der Waals surface area contributed by atoms with Crippen LogP contribution in [0.4, 0.5) is 4.79 Å². The third-order valence-electron chi connectivity index (χ3n) is 6.69. The molecule has 0 saturated heterocycles. The summed E-state index contributed by atoms with van der Waals surface area (Å²) in [7, 11) is 1.25. The van der Waals surface area contributed by atoms with Crippen LogP contribution in [-0.2, 0) is 30.3 Å². The molecule has 1 aliphatic rings. The van der Waals surface area contributed by atoms with Crippen molar-refractivity contribution < 1.29 is 28.7 Å². The molecule has 5 atom stereocenters. The zero-order valence-corrected chi connectivity index (χ0v) is 23.4. The molecule has 1 fully saturated rings. The Morgan fingerprint density at radius 3 is 2.16 bits per heavy atom. The van der Waals surface area contributed by atoms with E-state index in [1.54, 1.807) is 25.7 Å². The van der Waals surface area contributed by atoms with Gasteiger partial charge in [-0.3, -0.25) is 14.4 Å². The lowest BCUT2D eigenvalue weighted by atomic mass is 9.95. The Morgan fingerprint density at radius 2 is 1.70 bits per heavy atom. The summed E-state index contributed by atoms with van der Waals surface area (Å²) < 4.78 is 10.1. The smallest absolute Gasteiger partial charge is 0.408 e. The van der Waals surface area contributed by atoms with Gasteiger partial charge in [-0.05, 0) is 56.6 Å². The van der Waals surface area contributed by atoms with Crippen molar-refractivity contribution in [1.29, 1.82) is 0 Å². The number of esters is 1. The fraction of sp³-hybridized carbons (Fsp3) is 0.643. The van der Waals surface area contributed by atoms with Gasteiger partial charge in [-0.15, -0.1) is 0 Å². The first-order valence-corrected chi connectivity index (χ1v) is 13.1. The standard InChI is InChI=1S/C28H43N3O6/c1-9-17(3)23(30-27(35)37-28(5,6)7)26(34)31(21-15-18(21)4)24(25(33)29-16-22(32)36-8)20-13-11-19(10-2)12-14-20/h11-14,17-18,21,23-24H,9-10,15-16H2,1-8H3,(H,29,33)(H,30,35). The number of nitrogens with zero attached hydrogens (tertiary/aromatic N) is 1. The van der Waals surface area contributed by atoms with Gasteiger partial charge in [0, 0.05) is 6.04 Å². The molecular weight excluding hydrogens is 474 g/mol. The highest BCUT2D eigenvalue weighted by Gasteiger charge is 2.48. The molecule has 37 heavy (non-hydrogen) atoms. The van der Waals surface area contributed by atoms with Gasteiger partial charge in [0.25, 0.3) is 0 Å². The van der Waals surface area contributed by atoms with Gasteiger partial charge in [-0.25, -0.2) is 4.79 Å². The first-order valence-electron chi connectivity index (χ1n) is 13.1. The van der Waals surface area contributed by atoms with Crippen LogP contribution in [0.5, 0.6) is 0 Å². The lowest BCUT2D eigenvalue weighted by Crippen LogP contribution is -2.56. The molecule has 1 aromatic carbocycles. The van der Waals surface area contributed by atoms with Gasteiger partial charge >= 0.3 is 12.1 Å². The van der Waals surface area contributed by atoms with Crippen molar-refractivity contribution in [3.8, 4) is 0 Å². The highest BCUT2D eigenvalue weighted by Crippen LogP contribution is 2.41. The summed E-state index contributed by atoms with van der Waals surface area (Å²) in [5, 5.41) is 5.39. The Morgan fingerprint density at radius 1 is 1.11 bits per heavy atom. The van der Waals surface area contributed by atoms with Gasteiger partial charge in [0.05, 0.1) is 7.11 Å². The van der Waals surface area contributed by atoms with Crippen LogP contribution in [0.1, 0.15) is 78.5 Å². The van der Waals surface area contributed by atoms with Crippen LogP contribution in [0.25, 0.3) is 0 Å². The van der Waals surface area contributed by atoms with Crippen LogP contribution in [0.3, 0.4) is 0 Å². The third kappa shape index (κ3) is 8.47. The lowest BCUT2D eigenvalue weighted by Gasteiger charge is -2.36. The molecule has 0 radical (unpaired) electrons. The maximum atomic E-state index is 14.2. The van der Waals surface area contributed by atoms with E-state index >= 15 is 0 Å². The zero-order valence-electron chi connectivity index (χ0n) is 23.4. The van der Waals surface area contributed by atoms with Crippen LogP contribution >= 0.6 is 0 Å². The molecule has 0 bridgehead atoms. The number of carbonyl (C=O) groups is 4. The van der Waals surface area contributed by atoms with E-state index in [4.69, 9.17) is 4.74 Å². The molecule has 2 N–H and O–H groups in total. The summed E-state index contributed by atoms with van der Waals surface area (Å²) in [4.78, 5) is 53.8. The summed E-state index contributed by atoms with van der Waals surface area (Å²) in [5.41, 5.74) is 1.00. The number of carbonyl (C=O) groups excluding carboxylic acids is 4. The minimum Gasteiger partial charge on any atom is -0.468 e. The van der Waals surface area contributed by atoms with E-state index in [0.717, 1.165) is 18.4 Å². The SMILES string of the molecule is CCc1ccc(C(C(=O)NCC(=O)OC)N(C(=O)C(NC(=O)OC(C)(C)C)C(C)CC)C2CC2C)cc1.